The largest absolute Gasteiger partial charge is 0.474 e. The molecule has 0 aliphatic carbocycles. The molecule has 0 bridgehead atoms. The van der Waals surface area contributed by atoms with Gasteiger partial charge in [-0.2, -0.15) is 13.2 Å². The number of hydrogen-bond donors (Lipinski definition) is 4. The number of thiazole rings is 1. The van der Waals surface area contributed by atoms with Crippen molar-refractivity contribution in [3.63, 3.8) is 0 Å². The molecule has 1 fully saturated rings. The lowest BCUT2D eigenvalue weighted by Crippen LogP contribution is -2.34. The molecule has 0 spiro atoms. The number of nitrogens with one attached hydrogen (secondary N) is 4. The minimum atomic E-state index is -4.65. The van der Waals surface area contributed by atoms with Crippen LogP contribution in [0.5, 0.6) is 5.88 Å². The third kappa shape index (κ3) is 6.12. The van der Waals surface area contributed by atoms with Crippen LogP contribution in [0, 0.1) is 0 Å². The number of ether oxygens (including phenoxy) is 1. The number of anilines is 1. The van der Waals surface area contributed by atoms with E-state index >= 15 is 0 Å². The summed E-state index contributed by atoms with van der Waals surface area (Å²) in [7, 11) is 0. The second-order valence-electron chi connectivity index (χ2n) is 8.70. The molecule has 12 nitrogen and oxygen atoms in total. The van der Waals surface area contributed by atoms with E-state index in [1.165, 1.54) is 18.5 Å². The fourth-order valence-corrected chi connectivity index (χ4v) is 4.90. The maximum absolute atomic E-state index is 13.4. The van der Waals surface area contributed by atoms with E-state index in [1.54, 1.807) is 13.0 Å². The van der Waals surface area contributed by atoms with Crippen molar-refractivity contribution in [1.82, 2.24) is 35.8 Å². The Hall–Kier alpha value is -4.31. The number of nitrogens with zero attached hydrogens (tertiary/aromatic N) is 4. The van der Waals surface area contributed by atoms with Gasteiger partial charge in [0.2, 0.25) is 5.88 Å². The Morgan fingerprint density at radius 2 is 1.98 bits per heavy atom. The normalized spacial score (nSPS) is 14.2. The van der Waals surface area contributed by atoms with Gasteiger partial charge in [-0.05, 0) is 45.0 Å². The number of alkyl halides is 3. The van der Waals surface area contributed by atoms with Crippen LogP contribution in [-0.4, -0.2) is 56.9 Å². The second kappa shape index (κ2) is 11.4. The highest BCUT2D eigenvalue weighted by molar-refractivity contribution is 7.13. The van der Waals surface area contributed by atoms with E-state index in [0.29, 0.717) is 23.2 Å². The van der Waals surface area contributed by atoms with Crippen molar-refractivity contribution in [1.29, 1.82) is 0 Å². The van der Waals surface area contributed by atoms with E-state index < -0.39 is 23.7 Å². The Morgan fingerprint density at radius 3 is 2.65 bits per heavy atom. The standard InChI is InChI=1S/C24H23F3N8O4S/c1-2-29-22(36)33-18-8-15(21-32-17(11-40-21)24(25,26)27)16(10-30-18)14-7-12(19-34-35-23(37)39-19)9-31-20(14)38-13-3-5-28-6-4-13/h7-11,13,28H,2-6H2,1H3,(H,35,37)(H2,29,30,33,36). The Balaban J connectivity index is 1.65. The zero-order chi connectivity index (χ0) is 28.3. The average molecular weight is 577 g/mol. The van der Waals surface area contributed by atoms with Gasteiger partial charge < -0.3 is 19.8 Å². The monoisotopic (exact) mass is 576 g/mol. The molecule has 2 amide bonds. The number of halogens is 3. The molecule has 5 rings (SSSR count). The highest BCUT2D eigenvalue weighted by Crippen LogP contribution is 2.42. The van der Waals surface area contributed by atoms with Gasteiger partial charge in [0.25, 0.3) is 5.89 Å². The van der Waals surface area contributed by atoms with Crippen molar-refractivity contribution in [2.75, 3.05) is 25.0 Å². The second-order valence-corrected chi connectivity index (χ2v) is 9.56. The van der Waals surface area contributed by atoms with E-state index in [2.05, 4.69) is 41.1 Å². The number of piperidine rings is 1. The summed E-state index contributed by atoms with van der Waals surface area (Å²) >= 11 is 0.788. The van der Waals surface area contributed by atoms with Crippen LogP contribution in [0.4, 0.5) is 23.8 Å². The number of aromatic amines is 1. The fraction of sp³-hybridized carbons (Fsp3) is 0.333. The van der Waals surface area contributed by atoms with Gasteiger partial charge in [-0.3, -0.25) is 5.32 Å². The number of pyridine rings is 2. The molecule has 16 heteroatoms. The first-order chi connectivity index (χ1) is 19.2. The smallest absolute Gasteiger partial charge is 0.434 e. The van der Waals surface area contributed by atoms with Gasteiger partial charge in [-0.1, -0.05) is 0 Å². The fourth-order valence-electron chi connectivity index (χ4n) is 4.04. The third-order valence-electron chi connectivity index (χ3n) is 5.90. The number of aromatic nitrogens is 5. The maximum Gasteiger partial charge on any atom is 0.434 e. The lowest BCUT2D eigenvalue weighted by molar-refractivity contribution is -0.140. The summed E-state index contributed by atoms with van der Waals surface area (Å²) in [6.07, 6.45) is -0.553. The van der Waals surface area contributed by atoms with Crippen LogP contribution in [-0.2, 0) is 6.18 Å². The summed E-state index contributed by atoms with van der Waals surface area (Å²) in [6, 6.07) is 2.49. The highest BCUT2D eigenvalue weighted by atomic mass is 32.1. The van der Waals surface area contributed by atoms with E-state index in [-0.39, 0.29) is 34.3 Å². The molecule has 210 valence electrons. The van der Waals surface area contributed by atoms with E-state index in [1.807, 2.05) is 0 Å². The molecule has 0 atom stereocenters. The van der Waals surface area contributed by atoms with Crippen molar-refractivity contribution in [2.24, 2.45) is 0 Å². The Labute approximate surface area is 228 Å². The third-order valence-corrected chi connectivity index (χ3v) is 6.77. The molecular formula is C24H23F3N8O4S. The summed E-state index contributed by atoms with van der Waals surface area (Å²) in [6.45, 7) is 3.60. The highest BCUT2D eigenvalue weighted by Gasteiger charge is 2.34. The number of carbonyl (C=O) groups is 1. The molecule has 0 radical (unpaired) electrons. The van der Waals surface area contributed by atoms with Gasteiger partial charge in [-0.25, -0.2) is 29.6 Å². The van der Waals surface area contributed by atoms with Crippen LogP contribution in [0.1, 0.15) is 25.5 Å². The SMILES string of the molecule is CCNC(=O)Nc1cc(-c2nc(C(F)(F)F)cs2)c(-c2cc(-c3n[nH]c(=O)o3)cnc2OC2CCNCC2)cn1. The predicted octanol–water partition coefficient (Wildman–Crippen LogP) is 3.90. The van der Waals surface area contributed by atoms with Crippen molar-refractivity contribution >= 4 is 23.2 Å². The molecule has 4 aromatic rings. The maximum atomic E-state index is 13.4. The number of hydrogen-bond acceptors (Lipinski definition) is 10. The van der Waals surface area contributed by atoms with Crippen molar-refractivity contribution in [3.8, 4) is 39.0 Å². The summed E-state index contributed by atoms with van der Waals surface area (Å²) in [5, 5.41) is 15.4. The number of carbonyl (C=O) groups excluding carboxylic acids is 1. The Bertz CT molecular complexity index is 1560. The van der Waals surface area contributed by atoms with Crippen LogP contribution < -0.4 is 26.4 Å². The van der Waals surface area contributed by atoms with E-state index in [0.717, 1.165) is 42.6 Å². The summed E-state index contributed by atoms with van der Waals surface area (Å²) in [5.41, 5.74) is 0.208. The van der Waals surface area contributed by atoms with Crippen LogP contribution in [0.2, 0.25) is 0 Å². The van der Waals surface area contributed by atoms with Crippen molar-refractivity contribution in [3.05, 3.63) is 46.2 Å². The Morgan fingerprint density at radius 1 is 1.18 bits per heavy atom. The van der Waals surface area contributed by atoms with Crippen LogP contribution in [0.25, 0.3) is 33.2 Å². The summed E-state index contributed by atoms with van der Waals surface area (Å²) < 4.78 is 51.6. The first kappa shape index (κ1) is 27.3. The Kier molecular flexibility index (Phi) is 7.79. The summed E-state index contributed by atoms with van der Waals surface area (Å²) in [5.74, 6) is -0.507. The molecule has 1 aliphatic heterocycles. The van der Waals surface area contributed by atoms with Gasteiger partial charge in [0.1, 0.15) is 16.9 Å². The molecular weight excluding hydrogens is 553 g/mol. The molecule has 1 saturated heterocycles. The molecule has 4 N–H and O–H groups in total. The molecule has 5 heterocycles. The first-order valence-electron chi connectivity index (χ1n) is 12.2. The molecule has 40 heavy (non-hydrogen) atoms. The molecule has 0 unspecified atom stereocenters. The van der Waals surface area contributed by atoms with Crippen molar-refractivity contribution < 1.29 is 27.1 Å². The lowest BCUT2D eigenvalue weighted by atomic mass is 10.0. The average Bonchev–Trinajstić information content (AvgIpc) is 3.60. The van der Waals surface area contributed by atoms with Gasteiger partial charge in [0.15, 0.2) is 5.69 Å². The lowest BCUT2D eigenvalue weighted by Gasteiger charge is -2.24. The predicted molar refractivity (Wildman–Crippen MR) is 139 cm³/mol. The van der Waals surface area contributed by atoms with Gasteiger partial charge >= 0.3 is 18.0 Å². The number of urea groups is 1. The van der Waals surface area contributed by atoms with Gasteiger partial charge in [0, 0.05) is 41.0 Å². The topological polar surface area (TPSA) is 160 Å². The zero-order valence-electron chi connectivity index (χ0n) is 21.0. The molecule has 1 aliphatic rings. The molecule has 0 aromatic carbocycles. The number of rotatable bonds is 7. The van der Waals surface area contributed by atoms with Gasteiger partial charge in [-0.15, -0.1) is 16.4 Å². The zero-order valence-corrected chi connectivity index (χ0v) is 21.8. The number of amides is 2. The van der Waals surface area contributed by atoms with Crippen molar-refractivity contribution in [2.45, 2.75) is 32.0 Å². The molecule has 4 aromatic heterocycles. The summed E-state index contributed by atoms with van der Waals surface area (Å²) in [4.78, 5) is 36.3. The van der Waals surface area contributed by atoms with Crippen LogP contribution >= 0.6 is 11.3 Å². The van der Waals surface area contributed by atoms with Gasteiger partial charge in [0.05, 0.1) is 5.56 Å². The van der Waals surface area contributed by atoms with E-state index in [9.17, 15) is 22.8 Å². The van der Waals surface area contributed by atoms with Crippen LogP contribution in [0.15, 0.2) is 39.1 Å². The van der Waals surface area contributed by atoms with Crippen LogP contribution in [0.3, 0.4) is 0 Å². The van der Waals surface area contributed by atoms with E-state index in [4.69, 9.17) is 9.15 Å². The minimum Gasteiger partial charge on any atom is -0.474 e. The number of H-pyrrole nitrogens is 1. The minimum absolute atomic E-state index is 0.0354. The quantitative estimate of drug-likeness (QED) is 0.256. The first-order valence-corrected chi connectivity index (χ1v) is 13.1. The molecule has 0 saturated carbocycles.